The van der Waals surface area contributed by atoms with Crippen molar-refractivity contribution in [3.05, 3.63) is 111 Å². The lowest BCUT2D eigenvalue weighted by Gasteiger charge is -2.16. The number of aromatic nitrogens is 4. The number of nitriles is 1. The molecule has 0 amide bonds. The molecule has 8 heteroatoms. The number of pyridine rings is 2. The van der Waals surface area contributed by atoms with Crippen LogP contribution in [-0.4, -0.2) is 19.5 Å². The van der Waals surface area contributed by atoms with Crippen molar-refractivity contribution >= 4 is 28.3 Å². The molecule has 0 aliphatic rings. The van der Waals surface area contributed by atoms with E-state index < -0.39 is 0 Å². The summed E-state index contributed by atoms with van der Waals surface area (Å²) in [6.07, 6.45) is 7.68. The number of rotatable bonds is 5. The lowest BCUT2D eigenvalue weighted by Crippen LogP contribution is -2.18. The predicted molar refractivity (Wildman–Crippen MR) is 120 cm³/mol. The Morgan fingerprint density at radius 1 is 1.13 bits per heavy atom. The first-order valence-corrected chi connectivity index (χ1v) is 9.77. The fourth-order valence-electron chi connectivity index (χ4n) is 3.19. The summed E-state index contributed by atoms with van der Waals surface area (Å²) in [5.41, 5.74) is 2.55. The van der Waals surface area contributed by atoms with Crippen LogP contribution in [0.4, 0.5) is 0 Å². The number of nitrogens with zero attached hydrogens (tertiary/aromatic N) is 4. The first-order valence-electron chi connectivity index (χ1n) is 8.97. The Labute approximate surface area is 187 Å². The molecule has 1 atom stereocenters. The number of hydrogen-bond acceptors (Lipinski definition) is 4. The highest BCUT2D eigenvalue weighted by atomic mass is 79.9. The van der Waals surface area contributed by atoms with E-state index in [1.54, 1.807) is 36.9 Å². The molecular formula is C22H17BrClN5O. The summed E-state index contributed by atoms with van der Waals surface area (Å²) in [6.45, 7) is 0. The van der Waals surface area contributed by atoms with Crippen molar-refractivity contribution in [2.24, 2.45) is 0 Å². The van der Waals surface area contributed by atoms with E-state index in [2.05, 4.69) is 37.0 Å². The minimum atomic E-state index is -0.154. The van der Waals surface area contributed by atoms with Gasteiger partial charge in [0.25, 0.3) is 5.56 Å². The van der Waals surface area contributed by atoms with Gasteiger partial charge in [-0.25, -0.2) is 9.97 Å². The number of aromatic amines is 1. The molecule has 0 radical (unpaired) electrons. The molecule has 0 bridgehead atoms. The average Bonchev–Trinajstić information content (AvgIpc) is 3.29. The van der Waals surface area contributed by atoms with Crippen LogP contribution in [0.25, 0.3) is 5.82 Å². The Morgan fingerprint density at radius 2 is 1.93 bits per heavy atom. The van der Waals surface area contributed by atoms with Crippen LogP contribution in [0.2, 0.25) is 0 Å². The second-order valence-corrected chi connectivity index (χ2v) is 7.38. The molecule has 0 saturated heterocycles. The van der Waals surface area contributed by atoms with E-state index in [4.69, 9.17) is 5.26 Å². The quantitative estimate of drug-likeness (QED) is 0.457. The van der Waals surface area contributed by atoms with Crippen molar-refractivity contribution in [1.29, 1.82) is 5.26 Å². The van der Waals surface area contributed by atoms with E-state index >= 15 is 0 Å². The summed E-state index contributed by atoms with van der Waals surface area (Å²) < 4.78 is 1.99. The van der Waals surface area contributed by atoms with E-state index in [1.807, 2.05) is 36.4 Å². The summed E-state index contributed by atoms with van der Waals surface area (Å²) in [7, 11) is 0. The summed E-state index contributed by atoms with van der Waals surface area (Å²) in [5, 5.41) is 9.04. The fraction of sp³-hybridized carbons (Fsp3) is 0.0909. The molecule has 0 spiro atoms. The van der Waals surface area contributed by atoms with Gasteiger partial charge in [0.15, 0.2) is 0 Å². The minimum Gasteiger partial charge on any atom is -0.348 e. The maximum absolute atomic E-state index is 12.3. The van der Waals surface area contributed by atoms with Crippen molar-refractivity contribution < 1.29 is 0 Å². The second kappa shape index (κ2) is 9.53. The second-order valence-electron chi connectivity index (χ2n) is 6.52. The van der Waals surface area contributed by atoms with Gasteiger partial charge >= 0.3 is 0 Å². The number of nitrogens with one attached hydrogen (secondary N) is 1. The molecule has 0 aliphatic carbocycles. The van der Waals surface area contributed by atoms with E-state index in [0.29, 0.717) is 22.3 Å². The summed E-state index contributed by atoms with van der Waals surface area (Å²) >= 11 is 3.26. The van der Waals surface area contributed by atoms with Gasteiger partial charge in [-0.15, -0.1) is 12.4 Å². The van der Waals surface area contributed by atoms with Gasteiger partial charge in [-0.1, -0.05) is 18.2 Å². The van der Waals surface area contributed by atoms with Gasteiger partial charge in [-0.2, -0.15) is 5.26 Å². The van der Waals surface area contributed by atoms with Crippen molar-refractivity contribution in [1.82, 2.24) is 19.5 Å². The summed E-state index contributed by atoms with van der Waals surface area (Å²) in [5.74, 6) is 1.41. The van der Waals surface area contributed by atoms with Crippen molar-refractivity contribution in [3.63, 3.8) is 0 Å². The molecule has 1 unspecified atom stereocenters. The molecule has 1 aromatic carbocycles. The zero-order valence-corrected chi connectivity index (χ0v) is 18.1. The Hall–Kier alpha value is -3.21. The van der Waals surface area contributed by atoms with Crippen LogP contribution < -0.4 is 5.56 Å². The zero-order valence-electron chi connectivity index (χ0n) is 15.7. The number of imidazole rings is 1. The van der Waals surface area contributed by atoms with Crippen molar-refractivity contribution in [3.8, 4) is 11.9 Å². The van der Waals surface area contributed by atoms with E-state index in [9.17, 15) is 4.79 Å². The molecule has 0 aliphatic heterocycles. The van der Waals surface area contributed by atoms with Gasteiger partial charge in [0.2, 0.25) is 0 Å². The van der Waals surface area contributed by atoms with Crippen LogP contribution >= 0.6 is 28.3 Å². The number of hydrogen-bond donors (Lipinski definition) is 1. The van der Waals surface area contributed by atoms with Gasteiger partial charge < -0.3 is 4.98 Å². The largest absolute Gasteiger partial charge is 0.348 e. The van der Waals surface area contributed by atoms with Crippen LogP contribution in [0.5, 0.6) is 0 Å². The highest BCUT2D eigenvalue weighted by molar-refractivity contribution is 9.10. The third kappa shape index (κ3) is 4.51. The van der Waals surface area contributed by atoms with Gasteiger partial charge in [0.05, 0.1) is 16.1 Å². The highest BCUT2D eigenvalue weighted by Gasteiger charge is 2.18. The van der Waals surface area contributed by atoms with Gasteiger partial charge in [-0.3, -0.25) is 9.36 Å². The monoisotopic (exact) mass is 481 g/mol. The van der Waals surface area contributed by atoms with Crippen LogP contribution in [-0.2, 0) is 6.42 Å². The standard InChI is InChI=1S/C22H16BrN5O.ClH/c23-19-2-1-11-28(22(19)29)20-8-5-16(14-27-20)12-18(21-25-9-10-26-21)17-6-3-15(13-24)4-7-17;/h1-11,14,18H,12H2,(H,25,26);1H. The average molecular weight is 483 g/mol. The Morgan fingerprint density at radius 3 is 2.57 bits per heavy atom. The Bertz CT molecular complexity index is 1210. The van der Waals surface area contributed by atoms with E-state index in [0.717, 1.165) is 17.0 Å². The normalized spacial score (nSPS) is 11.3. The smallest absolute Gasteiger partial charge is 0.270 e. The van der Waals surface area contributed by atoms with E-state index in [-0.39, 0.29) is 23.9 Å². The maximum atomic E-state index is 12.3. The highest BCUT2D eigenvalue weighted by Crippen LogP contribution is 2.26. The SMILES string of the molecule is Cl.N#Cc1ccc(C(Cc2ccc(-n3cccc(Br)c3=O)nc2)c2ncc[nH]2)cc1. The zero-order chi connectivity index (χ0) is 20.2. The lowest BCUT2D eigenvalue weighted by molar-refractivity contribution is 0.748. The molecule has 3 aromatic heterocycles. The third-order valence-corrected chi connectivity index (χ3v) is 5.29. The van der Waals surface area contributed by atoms with Crippen LogP contribution in [0.1, 0.15) is 28.4 Å². The third-order valence-electron chi connectivity index (χ3n) is 4.69. The van der Waals surface area contributed by atoms with Crippen molar-refractivity contribution in [2.45, 2.75) is 12.3 Å². The van der Waals surface area contributed by atoms with E-state index in [1.165, 1.54) is 4.57 Å². The molecule has 4 rings (SSSR count). The summed E-state index contributed by atoms with van der Waals surface area (Å²) in [4.78, 5) is 24.4. The van der Waals surface area contributed by atoms with Gasteiger partial charge in [-0.05, 0) is 63.8 Å². The van der Waals surface area contributed by atoms with Crippen LogP contribution in [0.15, 0.2) is 82.6 Å². The Balaban J connectivity index is 0.00000256. The summed E-state index contributed by atoms with van der Waals surface area (Å²) in [6, 6.07) is 17.0. The molecule has 3 heterocycles. The topological polar surface area (TPSA) is 87.4 Å². The Kier molecular flexibility index (Phi) is 6.83. The molecule has 0 saturated carbocycles. The fourth-order valence-corrected chi connectivity index (χ4v) is 3.54. The molecule has 30 heavy (non-hydrogen) atoms. The van der Waals surface area contributed by atoms with Gasteiger partial charge in [0.1, 0.15) is 11.6 Å². The number of H-pyrrole nitrogens is 1. The maximum Gasteiger partial charge on any atom is 0.270 e. The predicted octanol–water partition coefficient (Wildman–Crippen LogP) is 4.39. The molecule has 6 nitrogen and oxygen atoms in total. The lowest BCUT2D eigenvalue weighted by atomic mass is 9.91. The molecule has 0 fully saturated rings. The molecule has 1 N–H and O–H groups in total. The molecule has 4 aromatic rings. The molecular weight excluding hydrogens is 466 g/mol. The van der Waals surface area contributed by atoms with Crippen LogP contribution in [0.3, 0.4) is 0 Å². The van der Waals surface area contributed by atoms with Crippen LogP contribution in [0, 0.1) is 11.3 Å². The van der Waals surface area contributed by atoms with Gasteiger partial charge in [0, 0.05) is 30.7 Å². The van der Waals surface area contributed by atoms with Crippen molar-refractivity contribution in [2.75, 3.05) is 0 Å². The number of benzene rings is 1. The first-order chi connectivity index (χ1) is 14.2. The molecule has 150 valence electrons. The number of halogens is 2. The first kappa shape index (κ1) is 21.5. The minimum absolute atomic E-state index is 0.